The summed E-state index contributed by atoms with van der Waals surface area (Å²) in [5.74, 6) is 0.280. The Morgan fingerprint density at radius 3 is 2.48 bits per heavy atom. The number of nitrogens with one attached hydrogen (secondary N) is 2. The predicted molar refractivity (Wildman–Crippen MR) is 93.3 cm³/mol. The fourth-order valence-corrected chi connectivity index (χ4v) is 3.38. The summed E-state index contributed by atoms with van der Waals surface area (Å²) < 4.78 is 0. The first-order chi connectivity index (χ1) is 11.0. The summed E-state index contributed by atoms with van der Waals surface area (Å²) in [7, 11) is 0. The van der Waals surface area contributed by atoms with E-state index in [1.54, 1.807) is 6.92 Å². The van der Waals surface area contributed by atoms with Gasteiger partial charge >= 0.3 is 6.03 Å². The van der Waals surface area contributed by atoms with Gasteiger partial charge in [0.2, 0.25) is 0 Å². The SMILES string of the molecule is CC(O)CC(C)CNC(=O)NCC1(Cc2ccccc2)CCC1. The largest absolute Gasteiger partial charge is 0.393 e. The molecular formula is C19H30N2O2. The van der Waals surface area contributed by atoms with E-state index >= 15 is 0 Å². The maximum atomic E-state index is 12.0. The predicted octanol–water partition coefficient (Wildman–Crippen LogP) is 3.11. The fourth-order valence-electron chi connectivity index (χ4n) is 3.38. The van der Waals surface area contributed by atoms with Gasteiger partial charge in [-0.25, -0.2) is 4.79 Å². The van der Waals surface area contributed by atoms with E-state index in [2.05, 4.69) is 34.9 Å². The maximum Gasteiger partial charge on any atom is 0.314 e. The number of rotatable bonds is 8. The Morgan fingerprint density at radius 1 is 1.22 bits per heavy atom. The number of amides is 2. The first kappa shape index (κ1) is 17.8. The monoisotopic (exact) mass is 318 g/mol. The standard InChI is InChI=1S/C19H30N2O2/c1-15(11-16(2)22)13-20-18(23)21-14-19(9-6-10-19)12-17-7-4-3-5-8-17/h3-5,7-8,15-16,22H,6,9-14H2,1-2H3,(H2,20,21,23). The molecule has 0 heterocycles. The highest BCUT2D eigenvalue weighted by Crippen LogP contribution is 2.43. The minimum Gasteiger partial charge on any atom is -0.393 e. The molecular weight excluding hydrogens is 288 g/mol. The molecule has 0 spiro atoms. The van der Waals surface area contributed by atoms with Crippen LogP contribution in [0.5, 0.6) is 0 Å². The Hall–Kier alpha value is -1.55. The summed E-state index contributed by atoms with van der Waals surface area (Å²) in [5.41, 5.74) is 1.57. The quantitative estimate of drug-likeness (QED) is 0.690. The van der Waals surface area contributed by atoms with Gasteiger partial charge in [-0.3, -0.25) is 0 Å². The van der Waals surface area contributed by atoms with Crippen molar-refractivity contribution in [1.29, 1.82) is 0 Å². The molecule has 1 aromatic carbocycles. The number of urea groups is 1. The molecule has 1 aromatic rings. The number of carbonyl (C=O) groups excluding carboxylic acids is 1. The summed E-state index contributed by atoms with van der Waals surface area (Å²) in [5, 5.41) is 15.3. The van der Waals surface area contributed by atoms with Gasteiger partial charge in [-0.15, -0.1) is 0 Å². The molecule has 3 N–H and O–H groups in total. The van der Waals surface area contributed by atoms with E-state index in [0.717, 1.165) is 13.0 Å². The highest BCUT2D eigenvalue weighted by molar-refractivity contribution is 5.73. The van der Waals surface area contributed by atoms with Gasteiger partial charge in [-0.2, -0.15) is 0 Å². The van der Waals surface area contributed by atoms with E-state index in [-0.39, 0.29) is 23.5 Å². The molecule has 23 heavy (non-hydrogen) atoms. The molecule has 2 amide bonds. The molecule has 128 valence electrons. The first-order valence-electron chi connectivity index (χ1n) is 8.73. The lowest BCUT2D eigenvalue weighted by Gasteiger charge is -2.42. The lowest BCUT2D eigenvalue weighted by atomic mass is 9.65. The van der Waals surface area contributed by atoms with Gasteiger partial charge in [-0.1, -0.05) is 43.7 Å². The van der Waals surface area contributed by atoms with Crippen molar-refractivity contribution in [3.63, 3.8) is 0 Å². The fraction of sp³-hybridized carbons (Fsp3) is 0.632. The molecule has 1 saturated carbocycles. The molecule has 0 radical (unpaired) electrons. The molecule has 4 heteroatoms. The molecule has 1 fully saturated rings. The Bertz CT molecular complexity index is 483. The molecule has 1 aliphatic rings. The number of aliphatic hydroxyl groups is 1. The third-order valence-electron chi connectivity index (χ3n) is 4.81. The average molecular weight is 318 g/mol. The lowest BCUT2D eigenvalue weighted by molar-refractivity contribution is 0.131. The van der Waals surface area contributed by atoms with Crippen LogP contribution in [-0.2, 0) is 6.42 Å². The summed E-state index contributed by atoms with van der Waals surface area (Å²) in [6, 6.07) is 10.4. The molecule has 2 unspecified atom stereocenters. The highest BCUT2D eigenvalue weighted by atomic mass is 16.3. The van der Waals surface area contributed by atoms with E-state index in [1.807, 2.05) is 13.0 Å². The van der Waals surface area contributed by atoms with Crippen molar-refractivity contribution in [2.45, 2.75) is 52.1 Å². The van der Waals surface area contributed by atoms with Crippen LogP contribution >= 0.6 is 0 Å². The van der Waals surface area contributed by atoms with Crippen LogP contribution in [0.25, 0.3) is 0 Å². The van der Waals surface area contributed by atoms with Crippen molar-refractivity contribution in [1.82, 2.24) is 10.6 Å². The number of aliphatic hydroxyl groups excluding tert-OH is 1. The zero-order chi connectivity index (χ0) is 16.7. The summed E-state index contributed by atoms with van der Waals surface area (Å²) in [6.07, 6.45) is 5.03. The second-order valence-corrected chi connectivity index (χ2v) is 7.27. The summed E-state index contributed by atoms with van der Waals surface area (Å²) >= 11 is 0. The van der Waals surface area contributed by atoms with E-state index in [1.165, 1.54) is 24.8 Å². The van der Waals surface area contributed by atoms with Crippen molar-refractivity contribution in [2.75, 3.05) is 13.1 Å². The number of carbonyl (C=O) groups is 1. The number of hydrogen-bond acceptors (Lipinski definition) is 2. The number of hydrogen-bond donors (Lipinski definition) is 3. The van der Waals surface area contributed by atoms with Crippen molar-refractivity contribution < 1.29 is 9.90 Å². The highest BCUT2D eigenvalue weighted by Gasteiger charge is 2.37. The van der Waals surface area contributed by atoms with Crippen LogP contribution in [0.2, 0.25) is 0 Å². The van der Waals surface area contributed by atoms with E-state index in [0.29, 0.717) is 13.0 Å². The van der Waals surface area contributed by atoms with Crippen LogP contribution in [-0.4, -0.2) is 30.3 Å². The minimum atomic E-state index is -0.320. The average Bonchev–Trinajstić information content (AvgIpc) is 2.48. The van der Waals surface area contributed by atoms with Gasteiger partial charge in [0.15, 0.2) is 0 Å². The first-order valence-corrected chi connectivity index (χ1v) is 8.73. The van der Waals surface area contributed by atoms with Crippen LogP contribution in [0.4, 0.5) is 4.79 Å². The van der Waals surface area contributed by atoms with Gasteiger partial charge in [-0.05, 0) is 49.5 Å². The maximum absolute atomic E-state index is 12.0. The normalized spacial score (nSPS) is 18.6. The topological polar surface area (TPSA) is 61.4 Å². The third kappa shape index (κ3) is 5.87. The van der Waals surface area contributed by atoms with Crippen molar-refractivity contribution in [2.24, 2.45) is 11.3 Å². The van der Waals surface area contributed by atoms with Crippen LogP contribution < -0.4 is 10.6 Å². The molecule has 1 aliphatic carbocycles. The van der Waals surface area contributed by atoms with Gasteiger partial charge in [0.05, 0.1) is 6.10 Å². The second kappa shape index (κ2) is 8.34. The van der Waals surface area contributed by atoms with Crippen molar-refractivity contribution in [3.05, 3.63) is 35.9 Å². The van der Waals surface area contributed by atoms with Crippen LogP contribution in [0, 0.1) is 11.3 Å². The Labute approximate surface area is 139 Å². The number of benzene rings is 1. The third-order valence-corrected chi connectivity index (χ3v) is 4.81. The van der Waals surface area contributed by atoms with Gasteiger partial charge in [0.25, 0.3) is 0 Å². The zero-order valence-electron chi connectivity index (χ0n) is 14.3. The molecule has 0 bridgehead atoms. The Morgan fingerprint density at radius 2 is 1.91 bits per heavy atom. The van der Waals surface area contributed by atoms with E-state index < -0.39 is 0 Å². The van der Waals surface area contributed by atoms with E-state index in [9.17, 15) is 9.90 Å². The van der Waals surface area contributed by atoms with Crippen LogP contribution in [0.1, 0.15) is 45.1 Å². The van der Waals surface area contributed by atoms with E-state index in [4.69, 9.17) is 0 Å². The minimum absolute atomic E-state index is 0.0956. The van der Waals surface area contributed by atoms with Gasteiger partial charge < -0.3 is 15.7 Å². The van der Waals surface area contributed by atoms with Crippen molar-refractivity contribution >= 4 is 6.03 Å². The Kier molecular flexibility index (Phi) is 6.46. The Balaban J connectivity index is 1.73. The summed E-state index contributed by atoms with van der Waals surface area (Å²) in [6.45, 7) is 5.15. The molecule has 2 rings (SSSR count). The lowest BCUT2D eigenvalue weighted by Crippen LogP contribution is -2.47. The smallest absolute Gasteiger partial charge is 0.314 e. The molecule has 4 nitrogen and oxygen atoms in total. The van der Waals surface area contributed by atoms with Gasteiger partial charge in [0.1, 0.15) is 0 Å². The molecule has 0 saturated heterocycles. The molecule has 0 aliphatic heterocycles. The second-order valence-electron chi connectivity index (χ2n) is 7.27. The van der Waals surface area contributed by atoms with Crippen LogP contribution in [0.3, 0.4) is 0 Å². The van der Waals surface area contributed by atoms with Gasteiger partial charge in [0, 0.05) is 13.1 Å². The van der Waals surface area contributed by atoms with Crippen molar-refractivity contribution in [3.8, 4) is 0 Å². The zero-order valence-corrected chi connectivity index (χ0v) is 14.3. The molecule has 0 aromatic heterocycles. The summed E-state index contributed by atoms with van der Waals surface area (Å²) in [4.78, 5) is 12.0. The van der Waals surface area contributed by atoms with Crippen LogP contribution in [0.15, 0.2) is 30.3 Å². The molecule has 2 atom stereocenters.